The molecule has 0 aliphatic heterocycles. The standard InChI is InChI=1S/C12H8N4O4/c13-12-14-10(17)9-8(5-20-11(9)15-12)6-1-3-7(4-2-6)16(18)19/h1-5H,(H3,13,14,15,17). The number of nitro benzene ring substituents is 1. The third-order valence-electron chi connectivity index (χ3n) is 2.85. The first-order valence-electron chi connectivity index (χ1n) is 5.58. The van der Waals surface area contributed by atoms with E-state index in [4.69, 9.17) is 10.2 Å². The summed E-state index contributed by atoms with van der Waals surface area (Å²) in [4.78, 5) is 28.3. The number of rotatable bonds is 2. The van der Waals surface area contributed by atoms with Crippen LogP contribution in [-0.4, -0.2) is 14.9 Å². The Morgan fingerprint density at radius 1 is 1.30 bits per heavy atom. The summed E-state index contributed by atoms with van der Waals surface area (Å²) in [6.07, 6.45) is 1.37. The van der Waals surface area contributed by atoms with Gasteiger partial charge in [0, 0.05) is 17.7 Å². The van der Waals surface area contributed by atoms with Crippen molar-refractivity contribution < 1.29 is 9.34 Å². The molecule has 8 nitrogen and oxygen atoms in total. The van der Waals surface area contributed by atoms with Gasteiger partial charge in [-0.2, -0.15) is 4.98 Å². The summed E-state index contributed by atoms with van der Waals surface area (Å²) in [6.45, 7) is 0. The molecule has 0 unspecified atom stereocenters. The summed E-state index contributed by atoms with van der Waals surface area (Å²) >= 11 is 0. The van der Waals surface area contributed by atoms with E-state index in [0.29, 0.717) is 11.1 Å². The number of nitrogens with two attached hydrogens (primary N) is 1. The molecule has 0 saturated carbocycles. The normalized spacial score (nSPS) is 10.8. The van der Waals surface area contributed by atoms with Gasteiger partial charge in [-0.15, -0.1) is 0 Å². The van der Waals surface area contributed by atoms with Gasteiger partial charge in [-0.3, -0.25) is 19.9 Å². The highest BCUT2D eigenvalue weighted by Crippen LogP contribution is 2.28. The number of hydrogen-bond acceptors (Lipinski definition) is 6. The van der Waals surface area contributed by atoms with E-state index in [1.54, 1.807) is 0 Å². The van der Waals surface area contributed by atoms with Gasteiger partial charge in [-0.25, -0.2) is 0 Å². The highest BCUT2D eigenvalue weighted by atomic mass is 16.6. The molecule has 0 amide bonds. The monoisotopic (exact) mass is 272 g/mol. The molecule has 8 heteroatoms. The quantitative estimate of drug-likeness (QED) is 0.539. The van der Waals surface area contributed by atoms with Crippen LogP contribution in [0.3, 0.4) is 0 Å². The molecule has 1 aromatic carbocycles. The molecular weight excluding hydrogens is 264 g/mol. The largest absolute Gasteiger partial charge is 0.445 e. The number of nitrogens with zero attached hydrogens (tertiary/aromatic N) is 2. The molecule has 0 radical (unpaired) electrons. The molecule has 0 spiro atoms. The molecule has 3 aromatic rings. The SMILES string of the molecule is Nc1nc2occ(-c3ccc([N+](=O)[O-])cc3)c2c(=O)[nH]1. The van der Waals surface area contributed by atoms with E-state index < -0.39 is 10.5 Å². The number of benzene rings is 1. The number of hydrogen-bond donors (Lipinski definition) is 2. The van der Waals surface area contributed by atoms with Crippen molar-refractivity contribution in [1.82, 2.24) is 9.97 Å². The zero-order chi connectivity index (χ0) is 14.3. The van der Waals surface area contributed by atoms with E-state index in [2.05, 4.69) is 9.97 Å². The summed E-state index contributed by atoms with van der Waals surface area (Å²) < 4.78 is 5.20. The van der Waals surface area contributed by atoms with Crippen LogP contribution >= 0.6 is 0 Å². The Balaban J connectivity index is 2.20. The molecule has 0 fully saturated rings. The number of anilines is 1. The second-order valence-electron chi connectivity index (χ2n) is 4.08. The van der Waals surface area contributed by atoms with Crippen LogP contribution in [0.5, 0.6) is 0 Å². The lowest BCUT2D eigenvalue weighted by atomic mass is 10.1. The van der Waals surface area contributed by atoms with Crippen LogP contribution in [0, 0.1) is 10.1 Å². The highest BCUT2D eigenvalue weighted by molar-refractivity contribution is 5.91. The van der Waals surface area contributed by atoms with Crippen LogP contribution in [0.25, 0.3) is 22.2 Å². The van der Waals surface area contributed by atoms with Gasteiger partial charge >= 0.3 is 0 Å². The summed E-state index contributed by atoms with van der Waals surface area (Å²) in [5.74, 6) is -0.0351. The van der Waals surface area contributed by atoms with Crippen LogP contribution in [0.4, 0.5) is 11.6 Å². The molecule has 2 aromatic heterocycles. The summed E-state index contributed by atoms with van der Waals surface area (Å²) in [5.41, 5.74) is 6.22. The molecular formula is C12H8N4O4. The van der Waals surface area contributed by atoms with Crippen molar-refractivity contribution in [3.8, 4) is 11.1 Å². The first-order valence-corrected chi connectivity index (χ1v) is 5.58. The van der Waals surface area contributed by atoms with E-state index in [1.165, 1.54) is 30.5 Å². The average molecular weight is 272 g/mol. The number of nitrogens with one attached hydrogen (secondary N) is 1. The van der Waals surface area contributed by atoms with Crippen LogP contribution in [0.1, 0.15) is 0 Å². The van der Waals surface area contributed by atoms with Crippen LogP contribution in [-0.2, 0) is 0 Å². The van der Waals surface area contributed by atoms with E-state index in [1.807, 2.05) is 0 Å². The van der Waals surface area contributed by atoms with Gasteiger partial charge in [0.1, 0.15) is 11.6 Å². The molecule has 2 heterocycles. The van der Waals surface area contributed by atoms with Gasteiger partial charge in [0.15, 0.2) is 0 Å². The van der Waals surface area contributed by atoms with Crippen molar-refractivity contribution >= 4 is 22.7 Å². The van der Waals surface area contributed by atoms with Gasteiger partial charge in [0.25, 0.3) is 11.2 Å². The molecule has 20 heavy (non-hydrogen) atoms. The van der Waals surface area contributed by atoms with E-state index in [-0.39, 0.29) is 22.7 Å². The third kappa shape index (κ3) is 1.79. The van der Waals surface area contributed by atoms with Crippen LogP contribution in [0.15, 0.2) is 39.7 Å². The van der Waals surface area contributed by atoms with Gasteiger partial charge in [-0.1, -0.05) is 0 Å². The molecule has 100 valence electrons. The Kier molecular flexibility index (Phi) is 2.50. The predicted octanol–water partition coefficient (Wildman–Crippen LogP) is 1.67. The van der Waals surface area contributed by atoms with Gasteiger partial charge in [-0.05, 0) is 17.7 Å². The number of furan rings is 1. The van der Waals surface area contributed by atoms with Gasteiger partial charge < -0.3 is 10.2 Å². The molecule has 0 aliphatic rings. The maximum Gasteiger partial charge on any atom is 0.269 e. The Morgan fingerprint density at radius 3 is 2.65 bits per heavy atom. The number of nitrogen functional groups attached to an aromatic ring is 1. The van der Waals surface area contributed by atoms with Crippen molar-refractivity contribution in [2.24, 2.45) is 0 Å². The smallest absolute Gasteiger partial charge is 0.269 e. The fraction of sp³-hybridized carbons (Fsp3) is 0. The minimum atomic E-state index is -0.494. The molecule has 0 aliphatic carbocycles. The van der Waals surface area contributed by atoms with Crippen molar-refractivity contribution in [1.29, 1.82) is 0 Å². The molecule has 3 N–H and O–H groups in total. The number of H-pyrrole nitrogens is 1. The predicted molar refractivity (Wildman–Crippen MR) is 71.1 cm³/mol. The van der Waals surface area contributed by atoms with E-state index >= 15 is 0 Å². The highest BCUT2D eigenvalue weighted by Gasteiger charge is 2.14. The first-order chi connectivity index (χ1) is 9.56. The average Bonchev–Trinajstić information content (AvgIpc) is 2.82. The third-order valence-corrected chi connectivity index (χ3v) is 2.85. The number of aromatic nitrogens is 2. The summed E-state index contributed by atoms with van der Waals surface area (Å²) in [5, 5.41) is 10.9. The number of nitro groups is 1. The number of aromatic amines is 1. The Labute approximate surface area is 111 Å². The Morgan fingerprint density at radius 2 is 2.00 bits per heavy atom. The maximum atomic E-state index is 11.9. The lowest BCUT2D eigenvalue weighted by molar-refractivity contribution is -0.384. The Hall–Kier alpha value is -3.16. The summed E-state index contributed by atoms with van der Waals surface area (Å²) in [7, 11) is 0. The zero-order valence-corrected chi connectivity index (χ0v) is 9.99. The number of non-ortho nitro benzene ring substituents is 1. The van der Waals surface area contributed by atoms with E-state index in [0.717, 1.165) is 0 Å². The second kappa shape index (κ2) is 4.19. The van der Waals surface area contributed by atoms with Crippen LogP contribution in [0.2, 0.25) is 0 Å². The van der Waals surface area contributed by atoms with Gasteiger partial charge in [0.05, 0.1) is 4.92 Å². The fourth-order valence-electron chi connectivity index (χ4n) is 1.94. The topological polar surface area (TPSA) is 128 Å². The lowest BCUT2D eigenvalue weighted by Gasteiger charge is -1.98. The second-order valence-corrected chi connectivity index (χ2v) is 4.08. The molecule has 0 bridgehead atoms. The zero-order valence-electron chi connectivity index (χ0n) is 9.99. The lowest BCUT2D eigenvalue weighted by Crippen LogP contribution is -2.10. The first kappa shape index (κ1) is 11.9. The molecule has 0 saturated heterocycles. The van der Waals surface area contributed by atoms with Crippen molar-refractivity contribution in [3.05, 3.63) is 51.0 Å². The summed E-state index contributed by atoms with van der Waals surface area (Å²) in [6, 6.07) is 5.79. The maximum absolute atomic E-state index is 11.9. The molecule has 3 rings (SSSR count). The van der Waals surface area contributed by atoms with Crippen molar-refractivity contribution in [3.63, 3.8) is 0 Å². The molecule has 0 atom stereocenters. The fourth-order valence-corrected chi connectivity index (χ4v) is 1.94. The van der Waals surface area contributed by atoms with Crippen LogP contribution < -0.4 is 11.3 Å². The van der Waals surface area contributed by atoms with E-state index in [9.17, 15) is 14.9 Å². The minimum absolute atomic E-state index is 0.0298. The van der Waals surface area contributed by atoms with Crippen molar-refractivity contribution in [2.45, 2.75) is 0 Å². The Bertz CT molecular complexity index is 863. The van der Waals surface area contributed by atoms with Gasteiger partial charge in [0.2, 0.25) is 11.7 Å². The minimum Gasteiger partial charge on any atom is -0.445 e. The van der Waals surface area contributed by atoms with Crippen molar-refractivity contribution in [2.75, 3.05) is 5.73 Å². The number of fused-ring (bicyclic) bond motifs is 1.